The van der Waals surface area contributed by atoms with E-state index in [0.717, 1.165) is 44.6 Å². The molecule has 0 unspecified atom stereocenters. The van der Waals surface area contributed by atoms with Crippen molar-refractivity contribution in [3.63, 3.8) is 0 Å². The first-order valence-corrected chi connectivity index (χ1v) is 16.6. The second kappa shape index (κ2) is 14.5. The smallest absolute Gasteiger partial charge is 0.178 e. The summed E-state index contributed by atoms with van der Waals surface area (Å²) in [5, 5.41) is 0. The van der Waals surface area contributed by atoms with Crippen molar-refractivity contribution in [1.82, 2.24) is 9.80 Å². The Kier molecular flexibility index (Phi) is 11.1. The molecular weight excluding hydrogens is 492 g/mol. The summed E-state index contributed by atoms with van der Waals surface area (Å²) in [6.45, 7) is 12.0. The molecule has 2 aromatic carbocycles. The van der Waals surface area contributed by atoms with Crippen LogP contribution in [-0.2, 0) is 9.84 Å². The number of hydrogen-bond acceptors (Lipinski definition) is 5. The van der Waals surface area contributed by atoms with E-state index in [1.807, 2.05) is 18.2 Å². The van der Waals surface area contributed by atoms with Gasteiger partial charge < -0.3 is 14.5 Å². The van der Waals surface area contributed by atoms with E-state index in [2.05, 4.69) is 47.9 Å². The van der Waals surface area contributed by atoms with Gasteiger partial charge in [-0.2, -0.15) is 0 Å². The lowest BCUT2D eigenvalue weighted by Crippen LogP contribution is -2.33. The molecule has 0 atom stereocenters. The van der Waals surface area contributed by atoms with Gasteiger partial charge in [0.15, 0.2) is 9.84 Å². The summed E-state index contributed by atoms with van der Waals surface area (Å²) >= 11 is 0. The molecule has 0 N–H and O–H groups in total. The van der Waals surface area contributed by atoms with Gasteiger partial charge in [-0.25, -0.2) is 8.42 Å². The lowest BCUT2D eigenvalue weighted by molar-refractivity contribution is 0.212. The average Bonchev–Trinajstić information content (AvgIpc) is 2.94. The van der Waals surface area contributed by atoms with Crippen molar-refractivity contribution in [2.45, 2.75) is 81.9 Å². The molecule has 6 heteroatoms. The van der Waals surface area contributed by atoms with Crippen molar-refractivity contribution in [2.75, 3.05) is 51.6 Å². The lowest BCUT2D eigenvalue weighted by atomic mass is 9.89. The fourth-order valence-corrected chi connectivity index (χ4v) is 7.56. The number of likely N-dealkylation sites (tertiary alicyclic amines) is 2. The third-order valence-electron chi connectivity index (χ3n) is 8.35. The first-order valence-electron chi connectivity index (χ1n) is 15.0. The molecule has 2 saturated heterocycles. The molecule has 0 saturated carbocycles. The van der Waals surface area contributed by atoms with E-state index >= 15 is 0 Å². The van der Waals surface area contributed by atoms with E-state index < -0.39 is 9.84 Å². The van der Waals surface area contributed by atoms with Gasteiger partial charge in [-0.15, -0.1) is 0 Å². The Labute approximate surface area is 231 Å². The summed E-state index contributed by atoms with van der Waals surface area (Å²) in [5.41, 5.74) is 2.55. The van der Waals surface area contributed by atoms with Crippen molar-refractivity contribution >= 4 is 9.84 Å². The zero-order chi connectivity index (χ0) is 26.8. The van der Waals surface area contributed by atoms with Crippen LogP contribution in [-0.4, -0.2) is 69.8 Å². The van der Waals surface area contributed by atoms with Crippen LogP contribution in [0.5, 0.6) is 5.75 Å². The quantitative estimate of drug-likeness (QED) is 0.272. The minimum Gasteiger partial charge on any atom is -0.494 e. The summed E-state index contributed by atoms with van der Waals surface area (Å²) in [6.07, 6.45) is 8.39. The molecule has 4 rings (SSSR count). The lowest BCUT2D eigenvalue weighted by Gasteiger charge is -2.32. The minimum absolute atomic E-state index is 0.172. The van der Waals surface area contributed by atoms with Crippen molar-refractivity contribution in [3.05, 3.63) is 59.7 Å². The first kappa shape index (κ1) is 29.1. The number of benzene rings is 2. The zero-order valence-electron chi connectivity index (χ0n) is 23.6. The summed E-state index contributed by atoms with van der Waals surface area (Å²) < 4.78 is 32.2. The number of sulfone groups is 1. The molecule has 2 aromatic rings. The summed E-state index contributed by atoms with van der Waals surface area (Å²) in [4.78, 5) is 5.56. The van der Waals surface area contributed by atoms with Gasteiger partial charge in [-0.1, -0.05) is 38.1 Å². The minimum atomic E-state index is -3.29. The van der Waals surface area contributed by atoms with E-state index in [0.29, 0.717) is 29.8 Å². The Morgan fingerprint density at radius 1 is 0.763 bits per heavy atom. The van der Waals surface area contributed by atoms with E-state index in [1.165, 1.54) is 56.4 Å². The van der Waals surface area contributed by atoms with Crippen LogP contribution in [0.2, 0.25) is 0 Å². The predicted molar refractivity (Wildman–Crippen MR) is 157 cm³/mol. The molecule has 2 fully saturated rings. The zero-order valence-corrected chi connectivity index (χ0v) is 24.4. The molecule has 2 aliphatic heterocycles. The number of hydrogen-bond donors (Lipinski definition) is 0. The third kappa shape index (κ3) is 8.30. The van der Waals surface area contributed by atoms with Gasteiger partial charge in [0.1, 0.15) is 5.75 Å². The Morgan fingerprint density at radius 2 is 1.32 bits per heavy atom. The van der Waals surface area contributed by atoms with E-state index in [1.54, 1.807) is 6.07 Å². The van der Waals surface area contributed by atoms with Crippen molar-refractivity contribution in [3.8, 4) is 5.75 Å². The largest absolute Gasteiger partial charge is 0.494 e. The molecule has 0 aliphatic carbocycles. The van der Waals surface area contributed by atoms with Gasteiger partial charge in [0.2, 0.25) is 0 Å². The topological polar surface area (TPSA) is 49.9 Å². The maximum Gasteiger partial charge on any atom is 0.178 e. The molecule has 0 amide bonds. The van der Waals surface area contributed by atoms with Gasteiger partial charge in [0.05, 0.1) is 17.3 Å². The molecule has 0 spiro atoms. The standard InChI is InChI=1S/C32H48N2O3S/c1-3-17-33-19-13-27(14-20-33)29-9-7-11-31(25-29)37-23-5-6-24-38(35,36)32-12-8-10-30(26-32)28-15-21-34(18-4-2)22-16-28/h7-12,25-28H,3-6,13-24H2,1-2H3. The van der Waals surface area contributed by atoms with Gasteiger partial charge in [0, 0.05) is 0 Å². The van der Waals surface area contributed by atoms with Crippen LogP contribution in [0.3, 0.4) is 0 Å². The summed E-state index contributed by atoms with van der Waals surface area (Å²) in [5.74, 6) is 2.15. The highest BCUT2D eigenvalue weighted by Gasteiger charge is 2.23. The molecular formula is C32H48N2O3S. The van der Waals surface area contributed by atoms with Crippen LogP contribution in [0.25, 0.3) is 0 Å². The van der Waals surface area contributed by atoms with Gasteiger partial charge in [-0.3, -0.25) is 0 Å². The maximum atomic E-state index is 13.1. The Morgan fingerprint density at radius 3 is 1.89 bits per heavy atom. The highest BCUT2D eigenvalue weighted by molar-refractivity contribution is 7.91. The molecule has 210 valence electrons. The summed E-state index contributed by atoms with van der Waals surface area (Å²) in [7, 11) is -3.29. The molecule has 0 bridgehead atoms. The number of ether oxygens (including phenoxy) is 1. The summed E-state index contributed by atoms with van der Waals surface area (Å²) in [6, 6.07) is 16.3. The van der Waals surface area contributed by atoms with Crippen molar-refractivity contribution in [2.24, 2.45) is 0 Å². The Bertz CT molecular complexity index is 1090. The number of rotatable bonds is 13. The van der Waals surface area contributed by atoms with E-state index in [4.69, 9.17) is 4.74 Å². The predicted octanol–water partition coefficient (Wildman–Crippen LogP) is 6.50. The van der Waals surface area contributed by atoms with Crippen LogP contribution in [0.4, 0.5) is 0 Å². The number of unbranched alkanes of at least 4 members (excludes halogenated alkanes) is 1. The third-order valence-corrected chi connectivity index (χ3v) is 10.1. The fourth-order valence-electron chi connectivity index (χ4n) is 6.13. The Hall–Kier alpha value is -1.89. The monoisotopic (exact) mass is 540 g/mol. The molecule has 0 aromatic heterocycles. The SMILES string of the molecule is CCCN1CCC(c2cccc(OCCCCS(=O)(=O)c3cccc(C4CCN(CCC)CC4)c3)c2)CC1. The second-order valence-corrected chi connectivity index (χ2v) is 13.4. The highest BCUT2D eigenvalue weighted by Crippen LogP contribution is 2.31. The van der Waals surface area contributed by atoms with Crippen LogP contribution in [0.15, 0.2) is 53.4 Å². The molecule has 38 heavy (non-hydrogen) atoms. The van der Waals surface area contributed by atoms with E-state index in [9.17, 15) is 8.42 Å². The average molecular weight is 541 g/mol. The van der Waals surface area contributed by atoms with Crippen LogP contribution >= 0.6 is 0 Å². The van der Waals surface area contributed by atoms with Crippen LogP contribution in [0.1, 0.15) is 88.2 Å². The Balaban J connectivity index is 1.21. The highest BCUT2D eigenvalue weighted by atomic mass is 32.2. The second-order valence-electron chi connectivity index (χ2n) is 11.3. The van der Waals surface area contributed by atoms with Crippen LogP contribution < -0.4 is 4.74 Å². The van der Waals surface area contributed by atoms with Crippen molar-refractivity contribution in [1.29, 1.82) is 0 Å². The van der Waals surface area contributed by atoms with Gasteiger partial charge in [0.25, 0.3) is 0 Å². The molecule has 0 radical (unpaired) electrons. The van der Waals surface area contributed by atoms with E-state index in [-0.39, 0.29) is 5.75 Å². The molecule has 2 aliphatic rings. The van der Waals surface area contributed by atoms with Crippen LogP contribution in [0, 0.1) is 0 Å². The van der Waals surface area contributed by atoms with Gasteiger partial charge in [-0.05, 0) is 138 Å². The number of nitrogens with zero attached hydrogens (tertiary/aromatic N) is 2. The van der Waals surface area contributed by atoms with Crippen molar-refractivity contribution < 1.29 is 13.2 Å². The number of piperidine rings is 2. The molecule has 5 nitrogen and oxygen atoms in total. The molecule has 2 heterocycles. The normalized spacial score (nSPS) is 18.6. The first-order chi connectivity index (χ1) is 18.5. The maximum absolute atomic E-state index is 13.1. The van der Waals surface area contributed by atoms with Gasteiger partial charge >= 0.3 is 0 Å². The fraction of sp³-hybridized carbons (Fsp3) is 0.625.